The fourth-order valence-electron chi connectivity index (χ4n) is 4.79. The lowest BCUT2D eigenvalue weighted by molar-refractivity contribution is -0.136. The Balaban J connectivity index is 1.38. The molecule has 1 unspecified atom stereocenters. The second-order valence-corrected chi connectivity index (χ2v) is 8.43. The van der Waals surface area contributed by atoms with Gasteiger partial charge in [-0.25, -0.2) is 0 Å². The van der Waals surface area contributed by atoms with Crippen molar-refractivity contribution in [3.05, 3.63) is 70.8 Å². The molecule has 2 aromatic rings. The minimum absolute atomic E-state index is 0.110. The first-order chi connectivity index (χ1) is 15.5. The molecule has 0 saturated carbocycles. The molecule has 2 saturated heterocycles. The van der Waals surface area contributed by atoms with E-state index in [2.05, 4.69) is 27.7 Å². The first-order valence-corrected chi connectivity index (χ1v) is 10.9. The van der Waals surface area contributed by atoms with Crippen LogP contribution in [0.1, 0.15) is 50.7 Å². The first kappa shape index (κ1) is 20.5. The number of amides is 4. The molecule has 8 nitrogen and oxygen atoms in total. The smallest absolute Gasteiger partial charge is 0.262 e. The number of piperidine rings is 1. The number of imide groups is 2. The maximum atomic E-state index is 13.1. The first-order valence-electron chi connectivity index (χ1n) is 10.9. The van der Waals surface area contributed by atoms with Gasteiger partial charge < -0.3 is 5.32 Å². The average molecular weight is 432 g/mol. The summed E-state index contributed by atoms with van der Waals surface area (Å²) in [7, 11) is 0. The van der Waals surface area contributed by atoms with Crippen LogP contribution in [0.15, 0.2) is 48.5 Å². The predicted octanol–water partition coefficient (Wildman–Crippen LogP) is 1.23. The van der Waals surface area contributed by atoms with Gasteiger partial charge in [0.1, 0.15) is 6.04 Å². The number of nitrogens with one attached hydrogen (secondary N) is 2. The van der Waals surface area contributed by atoms with Crippen LogP contribution in [-0.2, 0) is 16.1 Å². The maximum absolute atomic E-state index is 13.1. The van der Waals surface area contributed by atoms with Gasteiger partial charge in [-0.3, -0.25) is 34.3 Å². The Bertz CT molecular complexity index is 1100. The highest BCUT2D eigenvalue weighted by Gasteiger charge is 2.44. The van der Waals surface area contributed by atoms with E-state index in [4.69, 9.17) is 0 Å². The summed E-state index contributed by atoms with van der Waals surface area (Å²) in [4.78, 5) is 53.0. The molecule has 164 valence electrons. The number of fused-ring (bicyclic) bond motifs is 1. The van der Waals surface area contributed by atoms with Crippen molar-refractivity contribution >= 4 is 23.6 Å². The van der Waals surface area contributed by atoms with Crippen molar-refractivity contribution in [2.75, 3.05) is 19.6 Å². The molecule has 8 heteroatoms. The van der Waals surface area contributed by atoms with E-state index in [-0.39, 0.29) is 24.8 Å². The summed E-state index contributed by atoms with van der Waals surface area (Å²) in [6.45, 7) is 3.24. The standard InChI is InChI=1S/C24H24N4O4/c29-21-9-8-19(22(30)26-21)28-23(31)17-7-6-15(12-18(17)24(28)32)14-27-11-10-25-13-20(27)16-4-2-1-3-5-16/h1-7,12,19-20,25H,8-11,13-14H2,(H,26,29,30)/t19?,20-/m1/s1. The summed E-state index contributed by atoms with van der Waals surface area (Å²) in [5, 5.41) is 5.67. The van der Waals surface area contributed by atoms with Crippen LogP contribution in [0.5, 0.6) is 0 Å². The van der Waals surface area contributed by atoms with Gasteiger partial charge >= 0.3 is 0 Å². The molecule has 2 atom stereocenters. The van der Waals surface area contributed by atoms with Crippen LogP contribution < -0.4 is 10.6 Å². The van der Waals surface area contributed by atoms with Crippen molar-refractivity contribution in [3.63, 3.8) is 0 Å². The molecule has 0 radical (unpaired) electrons. The molecule has 4 amide bonds. The lowest BCUT2D eigenvalue weighted by Gasteiger charge is -2.36. The molecule has 0 aromatic heterocycles. The Kier molecular flexibility index (Phi) is 5.32. The van der Waals surface area contributed by atoms with E-state index in [0.717, 1.165) is 30.1 Å². The Morgan fingerprint density at radius 2 is 1.69 bits per heavy atom. The third-order valence-corrected chi connectivity index (χ3v) is 6.43. The van der Waals surface area contributed by atoms with E-state index in [0.29, 0.717) is 17.7 Å². The van der Waals surface area contributed by atoms with E-state index in [1.807, 2.05) is 24.3 Å². The predicted molar refractivity (Wildman–Crippen MR) is 116 cm³/mol. The van der Waals surface area contributed by atoms with Gasteiger partial charge in [0.05, 0.1) is 11.1 Å². The van der Waals surface area contributed by atoms with Crippen LogP contribution in [0.3, 0.4) is 0 Å². The SMILES string of the molecule is O=C1CCC(N2C(=O)c3ccc(CN4CCNC[C@@H]4c4ccccc4)cc3C2=O)C(=O)N1. The molecule has 2 fully saturated rings. The van der Waals surface area contributed by atoms with Gasteiger partial charge in [0.15, 0.2) is 0 Å². The molecule has 3 heterocycles. The number of hydrogen-bond donors (Lipinski definition) is 2. The van der Waals surface area contributed by atoms with Gasteiger partial charge in [0.2, 0.25) is 11.8 Å². The minimum Gasteiger partial charge on any atom is -0.314 e. The van der Waals surface area contributed by atoms with Crippen molar-refractivity contribution < 1.29 is 19.2 Å². The van der Waals surface area contributed by atoms with Crippen LogP contribution in [0, 0.1) is 0 Å². The second kappa shape index (κ2) is 8.29. The lowest BCUT2D eigenvalue weighted by Crippen LogP contribution is -2.54. The summed E-state index contributed by atoms with van der Waals surface area (Å²) in [5.74, 6) is -1.92. The minimum atomic E-state index is -0.945. The number of nitrogens with zero attached hydrogens (tertiary/aromatic N) is 2. The van der Waals surface area contributed by atoms with Gasteiger partial charge in [-0.15, -0.1) is 0 Å². The van der Waals surface area contributed by atoms with Crippen molar-refractivity contribution in [1.29, 1.82) is 0 Å². The summed E-state index contributed by atoms with van der Waals surface area (Å²) in [6, 6.07) is 14.9. The molecule has 5 rings (SSSR count). The largest absolute Gasteiger partial charge is 0.314 e. The molecule has 2 N–H and O–H groups in total. The van der Waals surface area contributed by atoms with Gasteiger partial charge in [-0.05, 0) is 29.7 Å². The number of piperazine rings is 1. The molecule has 3 aliphatic heterocycles. The van der Waals surface area contributed by atoms with E-state index < -0.39 is 23.8 Å². The Morgan fingerprint density at radius 1 is 0.906 bits per heavy atom. The monoisotopic (exact) mass is 432 g/mol. The third-order valence-electron chi connectivity index (χ3n) is 6.43. The van der Waals surface area contributed by atoms with Crippen LogP contribution >= 0.6 is 0 Å². The van der Waals surface area contributed by atoms with E-state index in [9.17, 15) is 19.2 Å². The summed E-state index contributed by atoms with van der Waals surface area (Å²) in [6.07, 6.45) is 0.265. The molecule has 2 aromatic carbocycles. The highest BCUT2D eigenvalue weighted by atomic mass is 16.2. The molecule has 3 aliphatic rings. The van der Waals surface area contributed by atoms with Gasteiger partial charge in [0, 0.05) is 38.6 Å². The van der Waals surface area contributed by atoms with Crippen LogP contribution in [-0.4, -0.2) is 59.1 Å². The normalized spacial score (nSPS) is 23.9. The highest BCUT2D eigenvalue weighted by Crippen LogP contribution is 2.30. The third kappa shape index (κ3) is 3.61. The fraction of sp³-hybridized carbons (Fsp3) is 0.333. The number of benzene rings is 2. The zero-order valence-corrected chi connectivity index (χ0v) is 17.5. The topological polar surface area (TPSA) is 98.8 Å². The quantitative estimate of drug-likeness (QED) is 0.706. The summed E-state index contributed by atoms with van der Waals surface area (Å²) >= 11 is 0. The van der Waals surface area contributed by atoms with Crippen LogP contribution in [0.2, 0.25) is 0 Å². The molecular weight excluding hydrogens is 408 g/mol. The lowest BCUT2D eigenvalue weighted by atomic mass is 10.0. The van der Waals surface area contributed by atoms with Crippen molar-refractivity contribution in [1.82, 2.24) is 20.4 Å². The van der Waals surface area contributed by atoms with Gasteiger partial charge in [0.25, 0.3) is 11.8 Å². The van der Waals surface area contributed by atoms with Crippen molar-refractivity contribution in [2.24, 2.45) is 0 Å². The maximum Gasteiger partial charge on any atom is 0.262 e. The number of carbonyl (C=O) groups excluding carboxylic acids is 4. The summed E-state index contributed by atoms with van der Waals surface area (Å²) in [5.41, 5.74) is 2.81. The average Bonchev–Trinajstić information content (AvgIpc) is 3.05. The Labute approximate surface area is 185 Å². The fourth-order valence-corrected chi connectivity index (χ4v) is 4.79. The number of hydrogen-bond acceptors (Lipinski definition) is 6. The van der Waals surface area contributed by atoms with E-state index in [1.54, 1.807) is 12.1 Å². The Hall–Kier alpha value is -3.36. The van der Waals surface area contributed by atoms with Crippen molar-refractivity contribution in [2.45, 2.75) is 31.5 Å². The van der Waals surface area contributed by atoms with Crippen molar-refractivity contribution in [3.8, 4) is 0 Å². The van der Waals surface area contributed by atoms with Gasteiger partial charge in [-0.1, -0.05) is 36.4 Å². The Morgan fingerprint density at radius 3 is 2.47 bits per heavy atom. The van der Waals surface area contributed by atoms with Crippen LogP contribution in [0.25, 0.3) is 0 Å². The van der Waals surface area contributed by atoms with Crippen LogP contribution in [0.4, 0.5) is 0 Å². The van der Waals surface area contributed by atoms with Gasteiger partial charge in [-0.2, -0.15) is 0 Å². The second-order valence-electron chi connectivity index (χ2n) is 8.43. The molecular formula is C24H24N4O4. The number of rotatable bonds is 4. The van der Waals surface area contributed by atoms with E-state index in [1.165, 1.54) is 5.56 Å². The molecule has 0 bridgehead atoms. The molecule has 0 aliphatic carbocycles. The zero-order valence-electron chi connectivity index (χ0n) is 17.5. The molecule has 32 heavy (non-hydrogen) atoms. The zero-order chi connectivity index (χ0) is 22.2. The number of carbonyl (C=O) groups is 4. The van der Waals surface area contributed by atoms with E-state index >= 15 is 0 Å². The molecule has 0 spiro atoms. The summed E-state index contributed by atoms with van der Waals surface area (Å²) < 4.78 is 0. The highest BCUT2D eigenvalue weighted by molar-refractivity contribution is 6.23.